The average molecular weight is 582 g/mol. The van der Waals surface area contributed by atoms with Gasteiger partial charge in [-0.2, -0.15) is 4.98 Å². The van der Waals surface area contributed by atoms with Crippen molar-refractivity contribution < 1.29 is 18.0 Å². The number of hydrogen-bond donors (Lipinski definition) is 0. The molecule has 41 heavy (non-hydrogen) atoms. The van der Waals surface area contributed by atoms with E-state index in [0.717, 1.165) is 0 Å². The van der Waals surface area contributed by atoms with E-state index in [1.54, 1.807) is 24.3 Å². The van der Waals surface area contributed by atoms with Gasteiger partial charge in [0, 0.05) is 62.5 Å². The second-order valence-electron chi connectivity index (χ2n) is 10.5. The summed E-state index contributed by atoms with van der Waals surface area (Å²) >= 11 is 6.34. The summed E-state index contributed by atoms with van der Waals surface area (Å²) in [6.07, 6.45) is 1.51. The van der Waals surface area contributed by atoms with Crippen LogP contribution in [0.25, 0.3) is 32.9 Å². The second-order valence-corrected chi connectivity index (χ2v) is 10.9. The summed E-state index contributed by atoms with van der Waals surface area (Å²) in [6.45, 7) is 5.67. The third-order valence-electron chi connectivity index (χ3n) is 7.82. The van der Waals surface area contributed by atoms with Crippen molar-refractivity contribution in [1.82, 2.24) is 24.8 Å². The Bertz CT molecular complexity index is 1700. The molecule has 0 radical (unpaired) electrons. The van der Waals surface area contributed by atoms with Gasteiger partial charge in [-0.25, -0.2) is 18.2 Å². The molecule has 0 atom stereocenters. The molecular formula is C29H27ClF3N7O. The number of nitrogens with zero attached hydrogens (tertiary/aromatic N) is 7. The Labute approximate surface area is 239 Å². The quantitative estimate of drug-likeness (QED) is 0.318. The van der Waals surface area contributed by atoms with E-state index in [4.69, 9.17) is 16.6 Å². The highest BCUT2D eigenvalue weighted by atomic mass is 35.5. The molecule has 12 heteroatoms. The van der Waals surface area contributed by atoms with Crippen molar-refractivity contribution in [2.45, 2.75) is 6.04 Å². The van der Waals surface area contributed by atoms with Crippen LogP contribution in [0, 0.1) is 11.6 Å². The third-order valence-corrected chi connectivity index (χ3v) is 8.19. The smallest absolute Gasteiger partial charge is 0.282 e. The lowest BCUT2D eigenvalue weighted by molar-refractivity contribution is -0.128. The topological polar surface area (TPSA) is 68.7 Å². The lowest BCUT2D eigenvalue weighted by Gasteiger charge is -2.43. The molecule has 2 aromatic heterocycles. The normalized spacial score (nSPS) is 16.1. The number of rotatable bonds is 5. The van der Waals surface area contributed by atoms with Crippen LogP contribution in [0.4, 0.5) is 24.9 Å². The van der Waals surface area contributed by atoms with Crippen molar-refractivity contribution >= 4 is 50.9 Å². The largest absolute Gasteiger partial charge is 0.352 e. The van der Waals surface area contributed by atoms with Gasteiger partial charge < -0.3 is 19.6 Å². The number of hydrogen-bond acceptors (Lipinski definition) is 7. The zero-order chi connectivity index (χ0) is 29.0. The molecule has 6 rings (SSSR count). The van der Waals surface area contributed by atoms with Crippen LogP contribution in [0.1, 0.15) is 0 Å². The molecule has 4 heterocycles. The molecule has 2 fully saturated rings. The predicted octanol–water partition coefficient (Wildman–Crippen LogP) is 4.66. The van der Waals surface area contributed by atoms with E-state index < -0.39 is 23.4 Å². The highest BCUT2D eigenvalue weighted by Crippen LogP contribution is 2.38. The third kappa shape index (κ3) is 4.72. The fourth-order valence-corrected chi connectivity index (χ4v) is 5.62. The first-order valence-electron chi connectivity index (χ1n) is 13.2. The second kappa shape index (κ2) is 10.5. The van der Waals surface area contributed by atoms with Crippen LogP contribution in [0.3, 0.4) is 0 Å². The number of benzene rings is 2. The van der Waals surface area contributed by atoms with Gasteiger partial charge in [-0.05, 0) is 25.5 Å². The molecule has 2 aliphatic heterocycles. The molecule has 2 aromatic carbocycles. The molecule has 0 saturated carbocycles. The number of likely N-dealkylation sites (N-methyl/N-ethyl adjacent to an activating group) is 1. The van der Waals surface area contributed by atoms with Crippen LogP contribution in [0.5, 0.6) is 0 Å². The van der Waals surface area contributed by atoms with Crippen LogP contribution >= 0.6 is 11.6 Å². The Morgan fingerprint density at radius 3 is 2.46 bits per heavy atom. The number of aromatic nitrogens is 3. The number of halogens is 4. The van der Waals surface area contributed by atoms with E-state index in [-0.39, 0.29) is 29.3 Å². The molecule has 2 aliphatic rings. The zero-order valence-electron chi connectivity index (χ0n) is 22.5. The van der Waals surface area contributed by atoms with Crippen LogP contribution < -0.4 is 9.80 Å². The Balaban J connectivity index is 1.46. The van der Waals surface area contributed by atoms with Gasteiger partial charge in [0.25, 0.3) is 5.91 Å². The molecule has 0 bridgehead atoms. The van der Waals surface area contributed by atoms with Crippen molar-refractivity contribution in [3.05, 3.63) is 65.6 Å². The van der Waals surface area contributed by atoms with E-state index in [2.05, 4.69) is 21.4 Å². The molecule has 0 aliphatic carbocycles. The summed E-state index contributed by atoms with van der Waals surface area (Å²) in [5.41, 5.74) is 0.421. The monoisotopic (exact) mass is 581 g/mol. The first-order chi connectivity index (χ1) is 19.6. The Morgan fingerprint density at radius 2 is 1.78 bits per heavy atom. The maximum Gasteiger partial charge on any atom is 0.282 e. The van der Waals surface area contributed by atoms with Gasteiger partial charge in [-0.15, -0.1) is 0 Å². The van der Waals surface area contributed by atoms with Crippen LogP contribution in [0.2, 0.25) is 5.02 Å². The molecule has 212 valence electrons. The van der Waals surface area contributed by atoms with E-state index in [1.807, 2.05) is 23.9 Å². The summed E-state index contributed by atoms with van der Waals surface area (Å²) in [5.74, 6) is -2.18. The van der Waals surface area contributed by atoms with Gasteiger partial charge in [0.15, 0.2) is 11.6 Å². The minimum absolute atomic E-state index is 0.00199. The van der Waals surface area contributed by atoms with Gasteiger partial charge in [0.2, 0.25) is 5.95 Å². The molecular weight excluding hydrogens is 555 g/mol. The number of carbonyl (C=O) groups is 1. The van der Waals surface area contributed by atoms with E-state index in [1.165, 1.54) is 17.2 Å². The van der Waals surface area contributed by atoms with E-state index in [0.29, 0.717) is 65.7 Å². The zero-order valence-corrected chi connectivity index (χ0v) is 23.3. The highest BCUT2D eigenvalue weighted by Gasteiger charge is 2.33. The Kier molecular flexibility index (Phi) is 6.95. The molecule has 4 aromatic rings. The number of pyridine rings is 1. The van der Waals surface area contributed by atoms with Crippen molar-refractivity contribution in [1.29, 1.82) is 0 Å². The maximum absolute atomic E-state index is 16.5. The summed E-state index contributed by atoms with van der Waals surface area (Å²) in [5, 5.41) is 1.30. The lowest BCUT2D eigenvalue weighted by atomic mass is 10.0. The van der Waals surface area contributed by atoms with Gasteiger partial charge in [-0.3, -0.25) is 9.78 Å². The standard InChI is InChI=1S/C29H27ClF3N7O/c1-16(31)28(41)39-11-9-38(10-12-39)27-20-13-34-25(19-6-4-5-17-7-8-21(32)23(30)22(17)19)24(33)26(20)35-29(36-27)40-14-18(15-40)37(2)3/h4-8,13,18H,1,9-12,14-15H2,2-3H3. The Hall–Kier alpha value is -3.96. The minimum atomic E-state index is -1.01. The van der Waals surface area contributed by atoms with Crippen LogP contribution in [0.15, 0.2) is 48.9 Å². The number of amides is 1. The Morgan fingerprint density at radius 1 is 1.05 bits per heavy atom. The van der Waals surface area contributed by atoms with Crippen molar-refractivity contribution in [3.8, 4) is 11.3 Å². The molecule has 0 spiro atoms. The lowest BCUT2D eigenvalue weighted by Crippen LogP contribution is -2.58. The highest BCUT2D eigenvalue weighted by molar-refractivity contribution is 6.36. The van der Waals surface area contributed by atoms with Gasteiger partial charge >= 0.3 is 0 Å². The van der Waals surface area contributed by atoms with E-state index in [9.17, 15) is 13.6 Å². The van der Waals surface area contributed by atoms with Crippen LogP contribution in [-0.4, -0.2) is 90.1 Å². The van der Waals surface area contributed by atoms with Crippen molar-refractivity contribution in [3.63, 3.8) is 0 Å². The SMILES string of the molecule is C=C(F)C(=O)N1CCN(c2nc(N3CC(N(C)C)C3)nc3c(F)c(-c4cccc5ccc(F)c(Cl)c45)ncc23)CC1. The fraction of sp³-hybridized carbons (Fsp3) is 0.310. The number of carbonyl (C=O) groups excluding carboxylic acids is 1. The average Bonchev–Trinajstić information content (AvgIpc) is 2.93. The minimum Gasteiger partial charge on any atom is -0.352 e. The summed E-state index contributed by atoms with van der Waals surface area (Å²) in [4.78, 5) is 33.4. The van der Waals surface area contributed by atoms with Crippen LogP contribution in [-0.2, 0) is 4.79 Å². The summed E-state index contributed by atoms with van der Waals surface area (Å²) < 4.78 is 44.3. The fourth-order valence-electron chi connectivity index (χ4n) is 5.35. The number of fused-ring (bicyclic) bond motifs is 2. The number of anilines is 2. The van der Waals surface area contributed by atoms with Gasteiger partial charge in [0.1, 0.15) is 22.8 Å². The molecule has 2 saturated heterocycles. The first-order valence-corrected chi connectivity index (χ1v) is 13.5. The summed E-state index contributed by atoms with van der Waals surface area (Å²) in [7, 11) is 3.99. The van der Waals surface area contributed by atoms with Crippen molar-refractivity contribution in [2.24, 2.45) is 0 Å². The molecule has 0 unspecified atom stereocenters. The van der Waals surface area contributed by atoms with Crippen molar-refractivity contribution in [2.75, 3.05) is 63.2 Å². The van der Waals surface area contributed by atoms with Gasteiger partial charge in [0.05, 0.1) is 10.4 Å². The maximum atomic E-state index is 16.5. The molecule has 0 N–H and O–H groups in total. The van der Waals surface area contributed by atoms with Gasteiger partial charge in [-0.1, -0.05) is 42.4 Å². The summed E-state index contributed by atoms with van der Waals surface area (Å²) in [6, 6.07) is 8.34. The van der Waals surface area contributed by atoms with E-state index >= 15 is 4.39 Å². The predicted molar refractivity (Wildman–Crippen MR) is 154 cm³/mol. The number of piperazine rings is 1. The first kappa shape index (κ1) is 27.2. The molecule has 1 amide bonds. The molecule has 8 nitrogen and oxygen atoms in total.